The molecule has 396 valence electrons. The summed E-state index contributed by atoms with van der Waals surface area (Å²) in [4.78, 5) is 89.8. The quantitative estimate of drug-likeness (QED) is 0.0238. The Kier molecular flexibility index (Phi) is 21.3. The molecule has 2 unspecified atom stereocenters. The number of amides is 5. The molecule has 0 radical (unpaired) electrons. The number of nitrogens with one attached hydrogen (secondary N) is 2. The summed E-state index contributed by atoms with van der Waals surface area (Å²) in [5.74, 6) is -1.87. The van der Waals surface area contributed by atoms with E-state index in [0.29, 0.717) is 11.1 Å². The number of ketones is 1. The molecular weight excluding hydrogens is 965 g/mol. The number of carbonyl (C=O) groups excluding carboxylic acids is 6. The predicted octanol–water partition coefficient (Wildman–Crippen LogP) is 10.2. The summed E-state index contributed by atoms with van der Waals surface area (Å²) in [6.45, 7) is 8.06. The van der Waals surface area contributed by atoms with Gasteiger partial charge in [-0.05, 0) is 78.6 Å². The third kappa shape index (κ3) is 18.3. The van der Waals surface area contributed by atoms with E-state index >= 15 is 4.79 Å². The highest BCUT2D eigenvalue weighted by Gasteiger charge is 2.33. The molecular formula is C60H66N6O10. The van der Waals surface area contributed by atoms with E-state index in [2.05, 4.69) is 22.2 Å². The summed E-state index contributed by atoms with van der Waals surface area (Å²) >= 11 is 0. The van der Waals surface area contributed by atoms with Gasteiger partial charge in [0.05, 0.1) is 6.04 Å². The summed E-state index contributed by atoms with van der Waals surface area (Å²) in [6, 6.07) is 48.3. The van der Waals surface area contributed by atoms with E-state index in [1.807, 2.05) is 115 Å². The van der Waals surface area contributed by atoms with Gasteiger partial charge in [0.25, 0.3) is 0 Å². The monoisotopic (exact) mass is 1030 g/mol. The fraction of sp³-hybridized carbons (Fsp3) is 0.283. The normalized spacial score (nSPS) is 12.1. The average Bonchev–Trinajstić information content (AvgIpc) is 3.42. The Labute approximate surface area is 443 Å². The fourth-order valence-electron chi connectivity index (χ4n) is 8.25. The Balaban J connectivity index is 1.31. The Morgan fingerprint density at radius 3 is 1.79 bits per heavy atom. The third-order valence-corrected chi connectivity index (χ3v) is 12.0. The number of nitrogens with zero attached hydrogens (tertiary/aromatic N) is 3. The number of rotatable bonds is 23. The zero-order valence-electron chi connectivity index (χ0n) is 43.2. The standard InChI is InChI=1S/C60H66N6O10/c1-5-37-73-56(69)63-52(39-45-32-33-46-25-18-19-30-49(46)38-45)53(67)34-36-65(40-50(47-26-14-8-15-27-47)48-28-16-9-17-29-48)54(68)51(62-58(71)76-60(2,3)4)31-20-35-66(59(72)75-42-44-23-12-7-13-24-44)55(61)64-57(70)74-41-43-21-10-6-11-22-43/h5-19,21-30,32-33,38,50-52H,1,20,31,34-37,39-42H2,2-4H3,(H,62,71)(H,63,69)(H2,61,64,70). The number of Topliss-reactive ketones (excluding diaryl/α,β-unsaturated/α-hetero) is 1. The lowest BCUT2D eigenvalue weighted by Crippen LogP contribution is -2.52. The van der Waals surface area contributed by atoms with Gasteiger partial charge in [-0.2, -0.15) is 0 Å². The van der Waals surface area contributed by atoms with Gasteiger partial charge in [0, 0.05) is 32.0 Å². The van der Waals surface area contributed by atoms with Crippen molar-refractivity contribution in [3.05, 3.63) is 204 Å². The molecule has 0 spiro atoms. The van der Waals surface area contributed by atoms with Crippen LogP contribution in [0.2, 0.25) is 0 Å². The highest BCUT2D eigenvalue weighted by molar-refractivity contribution is 5.98. The Morgan fingerprint density at radius 1 is 0.645 bits per heavy atom. The van der Waals surface area contributed by atoms with E-state index in [4.69, 9.17) is 24.7 Å². The van der Waals surface area contributed by atoms with Crippen molar-refractivity contribution < 1.29 is 47.7 Å². The molecule has 4 N–H and O–H groups in total. The van der Waals surface area contributed by atoms with Crippen LogP contribution in [0.5, 0.6) is 0 Å². The van der Waals surface area contributed by atoms with Crippen molar-refractivity contribution >= 4 is 52.8 Å². The lowest BCUT2D eigenvalue weighted by atomic mass is 9.90. The predicted molar refractivity (Wildman–Crippen MR) is 291 cm³/mol. The Hall–Kier alpha value is -8.79. The van der Waals surface area contributed by atoms with Crippen LogP contribution in [0, 0.1) is 0 Å². The maximum absolute atomic E-state index is 15.4. The van der Waals surface area contributed by atoms with Crippen LogP contribution in [0.25, 0.3) is 10.8 Å². The van der Waals surface area contributed by atoms with E-state index < -0.39 is 59.8 Å². The molecule has 5 amide bonds. The third-order valence-electron chi connectivity index (χ3n) is 12.0. The fourth-order valence-corrected chi connectivity index (χ4v) is 8.25. The molecule has 6 rings (SSSR count). The first kappa shape index (κ1) is 56.5. The van der Waals surface area contributed by atoms with E-state index in [0.717, 1.165) is 32.4 Å². The highest BCUT2D eigenvalue weighted by Crippen LogP contribution is 2.27. The van der Waals surface area contributed by atoms with Gasteiger partial charge < -0.3 is 40.2 Å². The van der Waals surface area contributed by atoms with Crippen LogP contribution in [0.15, 0.2) is 181 Å². The number of hydrogen-bond acceptors (Lipinski definition) is 10. The number of fused-ring (bicyclic) bond motifs is 1. The summed E-state index contributed by atoms with van der Waals surface area (Å²) in [7, 11) is 0. The molecule has 0 aliphatic carbocycles. The summed E-state index contributed by atoms with van der Waals surface area (Å²) in [6.07, 6.45) is -2.45. The van der Waals surface area contributed by atoms with Crippen LogP contribution in [0.4, 0.5) is 19.2 Å². The molecule has 6 aromatic carbocycles. The molecule has 16 nitrogen and oxygen atoms in total. The summed E-state index contributed by atoms with van der Waals surface area (Å²) in [5, 5.41) is 7.47. The molecule has 0 aliphatic heterocycles. The zero-order chi connectivity index (χ0) is 54.3. The maximum Gasteiger partial charge on any atom is 0.437 e. The zero-order valence-corrected chi connectivity index (χ0v) is 43.2. The molecule has 0 bridgehead atoms. The van der Waals surface area contributed by atoms with Crippen LogP contribution >= 0.6 is 0 Å². The molecule has 0 heterocycles. The van der Waals surface area contributed by atoms with Crippen molar-refractivity contribution in [2.24, 2.45) is 10.7 Å². The number of nitrogens with two attached hydrogens (primary N) is 1. The van der Waals surface area contributed by atoms with Gasteiger partial charge in [-0.25, -0.2) is 24.1 Å². The first-order valence-corrected chi connectivity index (χ1v) is 25.1. The second kappa shape index (κ2) is 28.6. The molecule has 2 atom stereocenters. The van der Waals surface area contributed by atoms with E-state index in [-0.39, 0.29) is 70.9 Å². The smallest absolute Gasteiger partial charge is 0.437 e. The number of ether oxygens (including phenoxy) is 4. The van der Waals surface area contributed by atoms with Crippen molar-refractivity contribution in [3.8, 4) is 0 Å². The molecule has 0 aromatic heterocycles. The lowest BCUT2D eigenvalue weighted by molar-refractivity contribution is -0.134. The van der Waals surface area contributed by atoms with Gasteiger partial charge in [-0.15, -0.1) is 4.99 Å². The number of guanidine groups is 1. The lowest BCUT2D eigenvalue weighted by Gasteiger charge is -2.32. The SMILES string of the molecule is C=CCOC(=O)NC(Cc1ccc2ccccc2c1)C(=O)CCN(CC(c1ccccc1)c1ccccc1)C(=O)C(CCCN(C(=O)OCc1ccccc1)C(N)=NC(=O)OCc1ccccc1)NC(=O)OC(C)(C)C. The van der Waals surface area contributed by atoms with Gasteiger partial charge in [-0.1, -0.05) is 176 Å². The second-order valence-corrected chi connectivity index (χ2v) is 18.9. The number of alkyl carbamates (subject to hydrolysis) is 2. The summed E-state index contributed by atoms with van der Waals surface area (Å²) < 4.78 is 21.9. The number of hydrogen-bond donors (Lipinski definition) is 3. The first-order valence-electron chi connectivity index (χ1n) is 25.1. The van der Waals surface area contributed by atoms with Crippen LogP contribution in [0.1, 0.15) is 73.8 Å². The van der Waals surface area contributed by atoms with E-state index in [9.17, 15) is 24.0 Å². The highest BCUT2D eigenvalue weighted by atomic mass is 16.6. The van der Waals surface area contributed by atoms with E-state index in [1.54, 1.807) is 69.3 Å². The minimum absolute atomic E-state index is 0.0000657. The first-order chi connectivity index (χ1) is 36.6. The molecule has 16 heteroatoms. The molecule has 0 saturated heterocycles. The minimum atomic E-state index is -1.30. The van der Waals surface area contributed by atoms with Crippen molar-refractivity contribution in [1.82, 2.24) is 20.4 Å². The topological polar surface area (TPSA) is 208 Å². The van der Waals surface area contributed by atoms with Gasteiger partial charge in [0.1, 0.15) is 31.5 Å². The van der Waals surface area contributed by atoms with E-state index in [1.165, 1.54) is 11.0 Å². The van der Waals surface area contributed by atoms with Crippen LogP contribution in [0.3, 0.4) is 0 Å². The van der Waals surface area contributed by atoms with Gasteiger partial charge >= 0.3 is 24.4 Å². The van der Waals surface area contributed by atoms with Crippen LogP contribution < -0.4 is 16.4 Å². The largest absolute Gasteiger partial charge is 0.445 e. The molecule has 0 saturated carbocycles. The van der Waals surface area contributed by atoms with Crippen molar-refractivity contribution in [2.75, 3.05) is 26.2 Å². The van der Waals surface area contributed by atoms with Crippen molar-refractivity contribution in [3.63, 3.8) is 0 Å². The van der Waals surface area contributed by atoms with Crippen LogP contribution in [-0.4, -0.2) is 95.7 Å². The molecule has 76 heavy (non-hydrogen) atoms. The van der Waals surface area contributed by atoms with Gasteiger partial charge in [-0.3, -0.25) is 9.59 Å². The average molecular weight is 1030 g/mol. The Bertz CT molecular complexity index is 2860. The summed E-state index contributed by atoms with van der Waals surface area (Å²) in [5.41, 5.74) is 9.36. The molecule has 0 fully saturated rings. The van der Waals surface area contributed by atoms with Gasteiger partial charge in [0.2, 0.25) is 11.9 Å². The van der Waals surface area contributed by atoms with Crippen molar-refractivity contribution in [2.45, 2.75) is 83.3 Å². The minimum Gasteiger partial charge on any atom is -0.445 e. The Morgan fingerprint density at radius 2 is 1.20 bits per heavy atom. The van der Waals surface area contributed by atoms with Crippen LogP contribution in [-0.2, 0) is 48.2 Å². The maximum atomic E-state index is 15.4. The number of benzene rings is 6. The molecule has 0 aliphatic rings. The number of aliphatic imine (C=N–C) groups is 1. The van der Waals surface area contributed by atoms with Crippen molar-refractivity contribution in [1.29, 1.82) is 0 Å². The number of carbonyl (C=O) groups is 6. The van der Waals surface area contributed by atoms with Gasteiger partial charge in [0.15, 0.2) is 5.78 Å². The molecule has 6 aromatic rings. The second-order valence-electron chi connectivity index (χ2n) is 18.9.